The van der Waals surface area contributed by atoms with Crippen LogP contribution in [0.3, 0.4) is 0 Å². The quantitative estimate of drug-likeness (QED) is 0.368. The molecule has 0 amide bonds. The van der Waals surface area contributed by atoms with Gasteiger partial charge in [-0.15, -0.1) is 9.13 Å². The Balaban J connectivity index is 2.39. The van der Waals surface area contributed by atoms with Crippen molar-refractivity contribution in [2.45, 2.75) is 57.1 Å². The van der Waals surface area contributed by atoms with Gasteiger partial charge >= 0.3 is 8.68 Å². The van der Waals surface area contributed by atoms with Crippen LogP contribution in [0.5, 0.6) is 0 Å². The third-order valence-corrected chi connectivity index (χ3v) is 10.0. The zero-order valence-corrected chi connectivity index (χ0v) is 20.9. The molecule has 0 saturated carbocycles. The Hall–Kier alpha value is -0.820. The topological polar surface area (TPSA) is 7.76 Å². The van der Waals surface area contributed by atoms with Crippen molar-refractivity contribution >= 4 is 46.2 Å². The van der Waals surface area contributed by atoms with E-state index in [0.717, 1.165) is 0 Å². The van der Waals surface area contributed by atoms with Gasteiger partial charge in [-0.05, 0) is 76.2 Å². The number of nitrogens with zero attached hydrogens (tertiary/aromatic N) is 2. The van der Waals surface area contributed by atoms with Gasteiger partial charge in [-0.3, -0.25) is 0 Å². The first-order valence-electron chi connectivity index (χ1n) is 8.96. The summed E-state index contributed by atoms with van der Waals surface area (Å²) in [6.07, 6.45) is 4.34. The molecule has 27 heavy (non-hydrogen) atoms. The van der Waals surface area contributed by atoms with E-state index >= 15 is 0 Å². The van der Waals surface area contributed by atoms with Crippen LogP contribution in [0.2, 0.25) is 0 Å². The minimum absolute atomic E-state index is 1.31. The maximum atomic E-state index is 2.45. The highest BCUT2D eigenvalue weighted by atomic mass is 32.2. The number of hydrogen-bond donors (Lipinski definition) is 0. The Morgan fingerprint density at radius 3 is 1.33 bits per heavy atom. The number of aryl methyl sites for hydroxylation is 2. The van der Waals surface area contributed by atoms with Gasteiger partial charge in [-0.25, -0.2) is 0 Å². The molecule has 3 aromatic rings. The van der Waals surface area contributed by atoms with Crippen LogP contribution in [0, 0.1) is 48.5 Å². The first-order valence-corrected chi connectivity index (χ1v) is 13.0. The Kier molecular flexibility index (Phi) is 6.11. The molecule has 0 radical (unpaired) electrons. The molecule has 2 nitrogen and oxygen atoms in total. The second kappa shape index (κ2) is 7.90. The molecule has 0 unspecified atom stereocenters. The van der Waals surface area contributed by atoms with Crippen LogP contribution in [0.4, 0.5) is 0 Å². The summed E-state index contributed by atoms with van der Waals surface area (Å²) in [6, 6.07) is 2.40. The van der Waals surface area contributed by atoms with Crippen LogP contribution < -0.4 is 9.13 Å². The van der Waals surface area contributed by atoms with Crippen molar-refractivity contribution in [3.05, 3.63) is 43.9 Å². The highest BCUT2D eigenvalue weighted by Gasteiger charge is 2.31. The van der Waals surface area contributed by atoms with Crippen LogP contribution in [0.1, 0.15) is 37.8 Å². The molecule has 6 heteroatoms. The van der Waals surface area contributed by atoms with Gasteiger partial charge in [-0.1, -0.05) is 22.7 Å². The average Bonchev–Trinajstić information content (AvgIpc) is 3.10. The lowest BCUT2D eigenvalue weighted by Crippen LogP contribution is -2.39. The average molecular weight is 437 g/mol. The fraction of sp³-hybridized carbons (Fsp3) is 0.429. The van der Waals surface area contributed by atoms with E-state index in [1.165, 1.54) is 57.9 Å². The van der Waals surface area contributed by atoms with Gasteiger partial charge in [0.25, 0.3) is 0 Å². The molecular formula is C21H28N2S4+2. The highest BCUT2D eigenvalue weighted by Crippen LogP contribution is 2.31. The van der Waals surface area contributed by atoms with Gasteiger partial charge in [-0.2, -0.15) is 0 Å². The van der Waals surface area contributed by atoms with Crippen molar-refractivity contribution in [2.24, 2.45) is 0 Å². The predicted molar refractivity (Wildman–Crippen MR) is 122 cm³/mol. The van der Waals surface area contributed by atoms with E-state index < -0.39 is 0 Å². The zero-order valence-electron chi connectivity index (χ0n) is 17.6. The summed E-state index contributed by atoms with van der Waals surface area (Å²) in [7, 11) is 0. The Morgan fingerprint density at radius 2 is 1.00 bits per heavy atom. The maximum Gasteiger partial charge on any atom is 0.303 e. The SMILES string of the molecule is CSc1sc(C)c(C)[n+]1-c1cc(-[n+]2c(SC)sc(C)c2C)c(C)c(C)c1C. The summed E-state index contributed by atoms with van der Waals surface area (Å²) in [5.41, 5.74) is 9.42. The second-order valence-electron chi connectivity index (χ2n) is 6.89. The van der Waals surface area contributed by atoms with Gasteiger partial charge in [0.1, 0.15) is 0 Å². The molecule has 2 heterocycles. The molecule has 0 bridgehead atoms. The largest absolute Gasteiger partial charge is 0.303 e. The first-order chi connectivity index (χ1) is 12.7. The second-order valence-corrected chi connectivity index (χ2v) is 11.4. The zero-order chi connectivity index (χ0) is 20.0. The normalized spacial score (nSPS) is 11.4. The van der Waals surface area contributed by atoms with E-state index in [1.54, 1.807) is 0 Å². The molecule has 0 aliphatic carbocycles. The first kappa shape index (κ1) is 20.9. The van der Waals surface area contributed by atoms with E-state index in [2.05, 4.69) is 76.2 Å². The molecular weight excluding hydrogens is 409 g/mol. The van der Waals surface area contributed by atoms with E-state index in [0.29, 0.717) is 0 Å². The highest BCUT2D eigenvalue weighted by molar-refractivity contribution is 8.00. The number of thioether (sulfide) groups is 2. The molecule has 2 aromatic heterocycles. The van der Waals surface area contributed by atoms with Crippen LogP contribution in [-0.2, 0) is 0 Å². The van der Waals surface area contributed by atoms with Crippen LogP contribution in [0.25, 0.3) is 11.4 Å². The molecule has 0 spiro atoms. The molecule has 0 aliphatic heterocycles. The van der Waals surface area contributed by atoms with Gasteiger partial charge < -0.3 is 0 Å². The molecule has 0 fully saturated rings. The lowest BCUT2D eigenvalue weighted by molar-refractivity contribution is -0.643. The number of aromatic nitrogens is 2. The van der Waals surface area contributed by atoms with Gasteiger partial charge in [0.2, 0.25) is 11.4 Å². The summed E-state index contributed by atoms with van der Waals surface area (Å²) >= 11 is 7.44. The predicted octanol–water partition coefficient (Wildman–Crippen LogP) is 5.97. The third kappa shape index (κ3) is 3.39. The molecule has 0 N–H and O–H groups in total. The lowest BCUT2D eigenvalue weighted by atomic mass is 9.99. The Labute approximate surface area is 179 Å². The van der Waals surface area contributed by atoms with Gasteiger partial charge in [0.15, 0.2) is 11.4 Å². The minimum Gasteiger partial charge on any atom is -0.141 e. The summed E-state index contributed by atoms with van der Waals surface area (Å²) in [4.78, 5) is 2.78. The number of hydrogen-bond acceptors (Lipinski definition) is 4. The molecule has 3 rings (SSSR count). The molecule has 144 valence electrons. The maximum absolute atomic E-state index is 2.45. The third-order valence-electron chi connectivity index (χ3n) is 5.53. The molecule has 1 aromatic carbocycles. The van der Waals surface area contributed by atoms with Crippen molar-refractivity contribution in [2.75, 3.05) is 12.5 Å². The van der Waals surface area contributed by atoms with Crippen LogP contribution in [0.15, 0.2) is 14.7 Å². The molecule has 0 atom stereocenters. The number of rotatable bonds is 4. The van der Waals surface area contributed by atoms with Crippen molar-refractivity contribution in [3.8, 4) is 11.4 Å². The van der Waals surface area contributed by atoms with Crippen LogP contribution in [-0.4, -0.2) is 12.5 Å². The smallest absolute Gasteiger partial charge is 0.141 e. The fourth-order valence-corrected chi connectivity index (χ4v) is 7.30. The van der Waals surface area contributed by atoms with Gasteiger partial charge in [0, 0.05) is 25.0 Å². The van der Waals surface area contributed by atoms with Crippen molar-refractivity contribution < 1.29 is 9.13 Å². The summed E-state index contributed by atoms with van der Waals surface area (Å²) in [5.74, 6) is 0. The Bertz CT molecular complexity index is 949. The number of benzene rings is 1. The van der Waals surface area contributed by atoms with E-state index in [4.69, 9.17) is 0 Å². The lowest BCUT2D eigenvalue weighted by Gasteiger charge is -2.11. The van der Waals surface area contributed by atoms with E-state index in [1.807, 2.05) is 46.2 Å². The van der Waals surface area contributed by atoms with Crippen molar-refractivity contribution in [1.29, 1.82) is 0 Å². The molecule has 0 aliphatic rings. The monoisotopic (exact) mass is 436 g/mol. The summed E-state index contributed by atoms with van der Waals surface area (Å²) in [6.45, 7) is 15.7. The molecule has 0 saturated heterocycles. The summed E-state index contributed by atoms with van der Waals surface area (Å²) in [5, 5.41) is 0. The fourth-order valence-electron chi connectivity index (χ4n) is 3.39. The van der Waals surface area contributed by atoms with Crippen molar-refractivity contribution in [1.82, 2.24) is 0 Å². The number of thiazole rings is 2. The summed E-state index contributed by atoms with van der Waals surface area (Å²) < 4.78 is 7.58. The minimum atomic E-state index is 1.31. The van der Waals surface area contributed by atoms with Gasteiger partial charge in [0.05, 0.1) is 15.8 Å². The van der Waals surface area contributed by atoms with E-state index in [9.17, 15) is 0 Å². The Morgan fingerprint density at radius 1 is 0.630 bits per heavy atom. The van der Waals surface area contributed by atoms with Crippen LogP contribution >= 0.6 is 46.2 Å². The standard InChI is InChI=1S/C21H28N2S4/c1-11-12(2)18(22-14(4)16(6)26-20(22)24-8)10-19(13(11)3)23-15(5)17(7)27-21(23)25-9/h10H,1-9H3/q+2. The van der Waals surface area contributed by atoms with E-state index in [-0.39, 0.29) is 0 Å². The van der Waals surface area contributed by atoms with Crippen molar-refractivity contribution in [3.63, 3.8) is 0 Å².